The fraction of sp³-hybridized carbons (Fsp3) is 0.350. The van der Waals surface area contributed by atoms with Crippen LogP contribution in [0.25, 0.3) is 0 Å². The molecule has 0 saturated heterocycles. The van der Waals surface area contributed by atoms with Gasteiger partial charge in [-0.2, -0.15) is 26.3 Å². The number of alkyl halides is 7. The average Bonchev–Trinajstić information content (AvgIpc) is 2.66. The molecular weight excluding hydrogens is 433 g/mol. The third-order valence-electron chi connectivity index (χ3n) is 4.71. The van der Waals surface area contributed by atoms with E-state index in [4.69, 9.17) is 10.5 Å². The van der Waals surface area contributed by atoms with E-state index in [1.165, 1.54) is 39.2 Å². The van der Waals surface area contributed by atoms with Crippen LogP contribution in [-0.4, -0.2) is 25.4 Å². The van der Waals surface area contributed by atoms with E-state index in [1.807, 2.05) is 0 Å². The Morgan fingerprint density at radius 1 is 1.06 bits per heavy atom. The summed E-state index contributed by atoms with van der Waals surface area (Å²) in [5, 5.41) is 2.44. The van der Waals surface area contributed by atoms with Crippen LogP contribution in [0.1, 0.15) is 34.0 Å². The third kappa shape index (κ3) is 4.26. The van der Waals surface area contributed by atoms with Gasteiger partial charge < -0.3 is 15.8 Å². The normalized spacial score (nSPS) is 12.6. The van der Waals surface area contributed by atoms with Crippen LogP contribution in [0.2, 0.25) is 0 Å². The van der Waals surface area contributed by atoms with Gasteiger partial charge in [0.25, 0.3) is 5.91 Å². The van der Waals surface area contributed by atoms with Crippen molar-refractivity contribution in [3.8, 4) is 5.75 Å². The fourth-order valence-electron chi connectivity index (χ4n) is 3.15. The average molecular weight is 452 g/mol. The van der Waals surface area contributed by atoms with Gasteiger partial charge >= 0.3 is 18.0 Å². The molecule has 1 amide bonds. The van der Waals surface area contributed by atoms with E-state index in [0.717, 1.165) is 0 Å². The molecule has 2 aromatic rings. The standard InChI is InChI=1S/C20H19F7N2O2/c1-4-11-9-12(18(21,19(22,23)24)20(25,26)27)8-10(2)15(11)29-17(30)13-6-5-7-14(28)16(13)31-3/h5-9H,4,28H2,1-3H3,(H,29,30). The van der Waals surface area contributed by atoms with Crippen molar-refractivity contribution in [3.63, 3.8) is 0 Å². The second-order valence-corrected chi connectivity index (χ2v) is 6.72. The van der Waals surface area contributed by atoms with Gasteiger partial charge in [-0.05, 0) is 42.7 Å². The van der Waals surface area contributed by atoms with Gasteiger partial charge in [-0.1, -0.05) is 19.1 Å². The van der Waals surface area contributed by atoms with Crippen LogP contribution < -0.4 is 15.8 Å². The zero-order chi connectivity index (χ0) is 23.8. The zero-order valence-electron chi connectivity index (χ0n) is 16.6. The molecule has 0 spiro atoms. The van der Waals surface area contributed by atoms with Crippen LogP contribution >= 0.6 is 0 Å². The summed E-state index contributed by atoms with van der Waals surface area (Å²) in [6, 6.07) is 5.20. The predicted molar refractivity (Wildman–Crippen MR) is 101 cm³/mol. The molecule has 0 fully saturated rings. The lowest BCUT2D eigenvalue weighted by molar-refractivity contribution is -0.348. The molecule has 0 aliphatic heterocycles. The van der Waals surface area contributed by atoms with Crippen LogP contribution in [-0.2, 0) is 12.1 Å². The second-order valence-electron chi connectivity index (χ2n) is 6.72. The summed E-state index contributed by atoms with van der Waals surface area (Å²) in [5.74, 6) is -0.711. The number of nitrogens with two attached hydrogens (primary N) is 1. The number of methoxy groups -OCH3 is 1. The molecule has 3 N–H and O–H groups in total. The summed E-state index contributed by atoms with van der Waals surface area (Å²) >= 11 is 0. The van der Waals surface area contributed by atoms with E-state index in [9.17, 15) is 35.5 Å². The number of carbonyl (C=O) groups excluding carboxylic acids is 1. The van der Waals surface area contributed by atoms with Crippen LogP contribution in [0.4, 0.5) is 42.1 Å². The number of anilines is 2. The number of amides is 1. The Morgan fingerprint density at radius 2 is 1.65 bits per heavy atom. The number of halogens is 7. The van der Waals surface area contributed by atoms with Crippen molar-refractivity contribution in [2.24, 2.45) is 0 Å². The highest BCUT2D eigenvalue weighted by atomic mass is 19.4. The Balaban J connectivity index is 2.59. The molecule has 0 heterocycles. The molecule has 0 saturated carbocycles. The largest absolute Gasteiger partial charge is 0.494 e. The summed E-state index contributed by atoms with van der Waals surface area (Å²) in [5.41, 5.74) is -1.61. The molecule has 0 radical (unpaired) electrons. The van der Waals surface area contributed by atoms with Crippen LogP contribution in [0.5, 0.6) is 5.75 Å². The number of nitrogen functional groups attached to an aromatic ring is 1. The number of hydrogen-bond acceptors (Lipinski definition) is 3. The van der Waals surface area contributed by atoms with Crippen LogP contribution in [0.3, 0.4) is 0 Å². The molecule has 0 aromatic heterocycles. The number of rotatable bonds is 5. The van der Waals surface area contributed by atoms with Crippen molar-refractivity contribution >= 4 is 17.3 Å². The summed E-state index contributed by atoms with van der Waals surface area (Å²) < 4.78 is 98.2. The smallest absolute Gasteiger partial charge is 0.435 e. The van der Waals surface area contributed by atoms with Gasteiger partial charge in [0.15, 0.2) is 5.75 Å². The lowest BCUT2D eigenvalue weighted by Gasteiger charge is -2.31. The summed E-state index contributed by atoms with van der Waals surface area (Å²) in [6.07, 6.45) is -12.5. The van der Waals surface area contributed by atoms with Crippen LogP contribution in [0.15, 0.2) is 30.3 Å². The lowest BCUT2D eigenvalue weighted by Crippen LogP contribution is -2.50. The molecular formula is C20H19F7N2O2. The predicted octanol–water partition coefficient (Wildman–Crippen LogP) is 5.69. The van der Waals surface area contributed by atoms with Crippen molar-refractivity contribution in [2.45, 2.75) is 38.3 Å². The monoisotopic (exact) mass is 452 g/mol. The molecule has 0 unspecified atom stereocenters. The topological polar surface area (TPSA) is 64.4 Å². The van der Waals surface area contributed by atoms with E-state index >= 15 is 0 Å². The number of nitrogens with one attached hydrogen (secondary N) is 1. The first kappa shape index (κ1) is 24.3. The van der Waals surface area contributed by atoms with Gasteiger partial charge in [-0.3, -0.25) is 4.79 Å². The van der Waals surface area contributed by atoms with Crippen molar-refractivity contribution in [3.05, 3.63) is 52.6 Å². The Morgan fingerprint density at radius 3 is 2.13 bits per heavy atom. The SMILES string of the molecule is CCc1cc(C(F)(C(F)(F)F)C(F)(F)F)cc(C)c1NC(=O)c1cccc(N)c1OC. The molecule has 170 valence electrons. The van der Waals surface area contributed by atoms with Crippen molar-refractivity contribution in [1.29, 1.82) is 0 Å². The van der Waals surface area contributed by atoms with E-state index < -0.39 is 29.5 Å². The zero-order valence-corrected chi connectivity index (χ0v) is 16.6. The highest BCUT2D eigenvalue weighted by Gasteiger charge is 2.73. The minimum Gasteiger partial charge on any atom is -0.494 e. The van der Waals surface area contributed by atoms with Crippen molar-refractivity contribution < 1.29 is 40.3 Å². The maximum absolute atomic E-state index is 14.5. The number of benzene rings is 2. The highest BCUT2D eigenvalue weighted by Crippen LogP contribution is 2.53. The molecule has 0 bridgehead atoms. The number of carbonyl (C=O) groups is 1. The van der Waals surface area contributed by atoms with Gasteiger partial charge in [0, 0.05) is 11.3 Å². The quantitative estimate of drug-likeness (QED) is 0.453. The minimum absolute atomic E-state index is 0.00143. The van der Waals surface area contributed by atoms with Gasteiger partial charge in [0.1, 0.15) is 0 Å². The third-order valence-corrected chi connectivity index (χ3v) is 4.71. The maximum Gasteiger partial charge on any atom is 0.435 e. The molecule has 2 aromatic carbocycles. The molecule has 31 heavy (non-hydrogen) atoms. The molecule has 0 atom stereocenters. The molecule has 0 aliphatic rings. The number of aryl methyl sites for hydroxylation is 2. The molecule has 0 aliphatic carbocycles. The van der Waals surface area contributed by atoms with Gasteiger partial charge in [-0.15, -0.1) is 0 Å². The number of para-hydroxylation sites is 1. The Kier molecular flexibility index (Phi) is 6.48. The molecule has 2 rings (SSSR count). The van der Waals surface area contributed by atoms with Crippen molar-refractivity contribution in [1.82, 2.24) is 0 Å². The molecule has 11 heteroatoms. The number of ether oxygens (including phenoxy) is 1. The van der Waals surface area contributed by atoms with Gasteiger partial charge in [0.2, 0.25) is 0 Å². The van der Waals surface area contributed by atoms with E-state index in [-0.39, 0.29) is 40.2 Å². The van der Waals surface area contributed by atoms with Gasteiger partial charge in [0.05, 0.1) is 18.4 Å². The number of hydrogen-bond donors (Lipinski definition) is 2. The Labute approximate surface area is 173 Å². The van der Waals surface area contributed by atoms with E-state index in [1.54, 1.807) is 0 Å². The second kappa shape index (κ2) is 8.27. The summed E-state index contributed by atoms with van der Waals surface area (Å²) in [6.45, 7) is 2.61. The Hall–Kier alpha value is -2.98. The Bertz CT molecular complexity index is 971. The highest BCUT2D eigenvalue weighted by molar-refractivity contribution is 6.08. The lowest BCUT2D eigenvalue weighted by atomic mass is 9.89. The van der Waals surface area contributed by atoms with E-state index in [2.05, 4.69) is 5.32 Å². The first-order chi connectivity index (χ1) is 14.2. The minimum atomic E-state index is -6.23. The van der Waals surface area contributed by atoms with Crippen molar-refractivity contribution in [2.75, 3.05) is 18.2 Å². The summed E-state index contributed by atoms with van der Waals surface area (Å²) in [4.78, 5) is 12.7. The fourth-order valence-corrected chi connectivity index (χ4v) is 3.15. The maximum atomic E-state index is 14.5. The van der Waals surface area contributed by atoms with E-state index in [0.29, 0.717) is 12.1 Å². The first-order valence-corrected chi connectivity index (χ1v) is 8.89. The van der Waals surface area contributed by atoms with Crippen LogP contribution in [0, 0.1) is 6.92 Å². The molecule has 4 nitrogen and oxygen atoms in total. The van der Waals surface area contributed by atoms with Gasteiger partial charge in [-0.25, -0.2) is 4.39 Å². The summed E-state index contributed by atoms with van der Waals surface area (Å²) in [7, 11) is 1.27. The first-order valence-electron chi connectivity index (χ1n) is 8.89.